The second-order valence-electron chi connectivity index (χ2n) is 5.06. The van der Waals surface area contributed by atoms with Crippen LogP contribution in [0.2, 0.25) is 11.6 Å². The molecule has 6 nitrogen and oxygen atoms in total. The van der Waals surface area contributed by atoms with Crippen molar-refractivity contribution in [3.05, 3.63) is 0 Å². The molecule has 2 aliphatic heterocycles. The first kappa shape index (κ1) is 12.4. The summed E-state index contributed by atoms with van der Waals surface area (Å²) < 4.78 is 0. The number of amides is 1. The highest BCUT2D eigenvalue weighted by Gasteiger charge is 2.58. The van der Waals surface area contributed by atoms with E-state index in [0.29, 0.717) is 12.4 Å². The van der Waals surface area contributed by atoms with E-state index < -0.39 is 11.5 Å². The Kier molecular flexibility index (Phi) is 2.91. The topological polar surface area (TPSA) is 110 Å². The Labute approximate surface area is 101 Å². The molecule has 7 heteroatoms. The van der Waals surface area contributed by atoms with E-state index >= 15 is 0 Å². The molecule has 93 valence electrons. The minimum atomic E-state index is -1.34. The summed E-state index contributed by atoms with van der Waals surface area (Å²) in [6, 6.07) is 0. The number of aliphatic carboxylic acids is 1. The lowest BCUT2D eigenvalue weighted by Crippen LogP contribution is -2.55. The number of rotatable bonds is 3. The SMILES string of the molecule is CC1[B]C1[C@H]1CN(C(=O)CN)C[C@@]1(N)C(=O)O. The van der Waals surface area contributed by atoms with Gasteiger partial charge in [-0.2, -0.15) is 0 Å². The maximum absolute atomic E-state index is 11.5. The molecule has 0 saturated carbocycles. The van der Waals surface area contributed by atoms with Gasteiger partial charge < -0.3 is 21.5 Å². The van der Waals surface area contributed by atoms with Gasteiger partial charge in [0.2, 0.25) is 5.91 Å². The molecule has 2 unspecified atom stereocenters. The average molecular weight is 238 g/mol. The van der Waals surface area contributed by atoms with Crippen LogP contribution in [0.25, 0.3) is 0 Å². The summed E-state index contributed by atoms with van der Waals surface area (Å²) in [5.41, 5.74) is 9.94. The highest BCUT2D eigenvalue weighted by atomic mass is 16.4. The maximum atomic E-state index is 11.5. The van der Waals surface area contributed by atoms with Gasteiger partial charge in [0, 0.05) is 19.0 Å². The van der Waals surface area contributed by atoms with Crippen LogP contribution >= 0.6 is 0 Å². The molecule has 2 heterocycles. The van der Waals surface area contributed by atoms with Gasteiger partial charge in [0.1, 0.15) is 12.8 Å². The summed E-state index contributed by atoms with van der Waals surface area (Å²) in [5.74, 6) is -0.897. The van der Waals surface area contributed by atoms with Crippen LogP contribution in [0.4, 0.5) is 0 Å². The van der Waals surface area contributed by atoms with Gasteiger partial charge >= 0.3 is 5.97 Å². The van der Waals surface area contributed by atoms with Crippen LogP contribution in [0.15, 0.2) is 0 Å². The summed E-state index contributed by atoms with van der Waals surface area (Å²) >= 11 is 0. The molecule has 0 aromatic rings. The zero-order valence-electron chi connectivity index (χ0n) is 9.80. The number of hydrogen-bond donors (Lipinski definition) is 3. The van der Waals surface area contributed by atoms with E-state index in [-0.39, 0.29) is 30.7 Å². The van der Waals surface area contributed by atoms with E-state index in [1.54, 1.807) is 0 Å². The van der Waals surface area contributed by atoms with Crippen LogP contribution in [-0.2, 0) is 9.59 Å². The van der Waals surface area contributed by atoms with Gasteiger partial charge in [-0.05, 0) is 0 Å². The van der Waals surface area contributed by atoms with Gasteiger partial charge in [-0.3, -0.25) is 9.59 Å². The Balaban J connectivity index is 2.18. The van der Waals surface area contributed by atoms with E-state index in [2.05, 4.69) is 7.28 Å². The molecule has 2 fully saturated rings. The molecule has 1 amide bonds. The molecule has 4 atom stereocenters. The number of nitrogens with two attached hydrogens (primary N) is 2. The number of carboxylic acids is 1. The highest BCUT2D eigenvalue weighted by molar-refractivity contribution is 6.53. The first-order valence-electron chi connectivity index (χ1n) is 5.75. The Morgan fingerprint density at radius 2 is 2.18 bits per heavy atom. The van der Waals surface area contributed by atoms with Crippen molar-refractivity contribution in [2.45, 2.75) is 24.1 Å². The minimum absolute atomic E-state index is 0.0556. The van der Waals surface area contributed by atoms with E-state index in [1.165, 1.54) is 4.90 Å². The summed E-state index contributed by atoms with van der Waals surface area (Å²) in [6.07, 6.45) is 0. The van der Waals surface area contributed by atoms with Crippen molar-refractivity contribution in [2.24, 2.45) is 17.4 Å². The lowest BCUT2D eigenvalue weighted by Gasteiger charge is -2.25. The summed E-state index contributed by atoms with van der Waals surface area (Å²) in [5, 5.41) is 9.27. The first-order chi connectivity index (χ1) is 7.90. The molecule has 0 aromatic heterocycles. The molecule has 0 aromatic carbocycles. The monoisotopic (exact) mass is 238 g/mol. The Bertz CT molecular complexity index is 365. The fourth-order valence-electron chi connectivity index (χ4n) is 2.70. The van der Waals surface area contributed by atoms with Crippen molar-refractivity contribution in [1.29, 1.82) is 0 Å². The van der Waals surface area contributed by atoms with E-state index in [9.17, 15) is 14.7 Å². The van der Waals surface area contributed by atoms with E-state index in [1.807, 2.05) is 6.92 Å². The van der Waals surface area contributed by atoms with E-state index in [0.717, 1.165) is 0 Å². The Hall–Kier alpha value is -1.08. The van der Waals surface area contributed by atoms with Crippen molar-refractivity contribution >= 4 is 19.2 Å². The van der Waals surface area contributed by atoms with Crippen LogP contribution in [0, 0.1) is 5.92 Å². The second kappa shape index (κ2) is 3.99. The fourth-order valence-corrected chi connectivity index (χ4v) is 2.70. The molecular formula is C10H17BN3O3. The number of likely N-dealkylation sites (tertiary alicyclic amines) is 1. The van der Waals surface area contributed by atoms with Gasteiger partial charge in [0.05, 0.1) is 6.54 Å². The molecule has 0 spiro atoms. The van der Waals surface area contributed by atoms with Crippen molar-refractivity contribution in [1.82, 2.24) is 4.90 Å². The van der Waals surface area contributed by atoms with Crippen molar-refractivity contribution in [2.75, 3.05) is 19.6 Å². The van der Waals surface area contributed by atoms with Crippen LogP contribution in [-0.4, -0.2) is 54.3 Å². The Morgan fingerprint density at radius 1 is 1.59 bits per heavy atom. The number of carbonyl (C=O) groups is 2. The van der Waals surface area contributed by atoms with Crippen LogP contribution in [0.5, 0.6) is 0 Å². The molecule has 5 N–H and O–H groups in total. The summed E-state index contributed by atoms with van der Waals surface area (Å²) in [4.78, 5) is 24.3. The second-order valence-corrected chi connectivity index (χ2v) is 5.06. The predicted molar refractivity (Wildman–Crippen MR) is 62.6 cm³/mol. The largest absolute Gasteiger partial charge is 0.480 e. The van der Waals surface area contributed by atoms with Crippen molar-refractivity contribution < 1.29 is 14.7 Å². The minimum Gasteiger partial charge on any atom is -0.480 e. The molecule has 1 radical (unpaired) electrons. The normalized spacial score (nSPS) is 39.9. The van der Waals surface area contributed by atoms with Crippen LogP contribution in [0.1, 0.15) is 6.92 Å². The fraction of sp³-hybridized carbons (Fsp3) is 0.800. The average Bonchev–Trinajstić information content (AvgIpc) is 2.87. The quantitative estimate of drug-likeness (QED) is 0.518. The lowest BCUT2D eigenvalue weighted by atomic mass is 9.79. The van der Waals surface area contributed by atoms with Gasteiger partial charge in [0.25, 0.3) is 0 Å². The highest BCUT2D eigenvalue weighted by Crippen LogP contribution is 2.52. The number of nitrogens with zero attached hydrogens (tertiary/aromatic N) is 1. The lowest BCUT2D eigenvalue weighted by molar-refractivity contribution is -0.144. The zero-order chi connectivity index (χ0) is 12.8. The summed E-state index contributed by atoms with van der Waals surface area (Å²) in [7, 11) is 2.08. The third-order valence-electron chi connectivity index (χ3n) is 3.91. The zero-order valence-corrected chi connectivity index (χ0v) is 9.80. The van der Waals surface area contributed by atoms with Gasteiger partial charge in [-0.1, -0.05) is 18.6 Å². The maximum Gasteiger partial charge on any atom is 0.325 e. The number of carbonyl (C=O) groups excluding carboxylic acids is 1. The molecule has 2 rings (SSSR count). The van der Waals surface area contributed by atoms with Crippen molar-refractivity contribution in [3.8, 4) is 0 Å². The van der Waals surface area contributed by atoms with Gasteiger partial charge in [0.15, 0.2) is 0 Å². The Morgan fingerprint density at radius 3 is 2.59 bits per heavy atom. The van der Waals surface area contributed by atoms with Gasteiger partial charge in [-0.25, -0.2) is 0 Å². The van der Waals surface area contributed by atoms with Crippen LogP contribution < -0.4 is 11.5 Å². The molecule has 17 heavy (non-hydrogen) atoms. The standard InChI is InChI=1S/C10H17BN3O3/c1-5-8(11-5)6-3-14(7(15)2-12)4-10(6,13)9(16)17/h5-6,8H,2-4,12-13H2,1H3,(H,16,17)/t5?,6-,8?,10+/m1/s1. The predicted octanol–water partition coefficient (Wildman–Crippen LogP) is -1.50. The number of carboxylic acid groups (broad SMARTS) is 1. The smallest absolute Gasteiger partial charge is 0.325 e. The first-order valence-corrected chi connectivity index (χ1v) is 5.75. The van der Waals surface area contributed by atoms with Crippen LogP contribution in [0.3, 0.4) is 0 Å². The summed E-state index contributed by atoms with van der Waals surface area (Å²) in [6.45, 7) is 2.37. The van der Waals surface area contributed by atoms with E-state index in [4.69, 9.17) is 11.5 Å². The van der Waals surface area contributed by atoms with Gasteiger partial charge in [-0.15, -0.1) is 0 Å². The third kappa shape index (κ3) is 1.93. The third-order valence-corrected chi connectivity index (χ3v) is 3.91. The molecular weight excluding hydrogens is 221 g/mol. The molecule has 0 aliphatic carbocycles. The van der Waals surface area contributed by atoms with Crippen molar-refractivity contribution in [3.63, 3.8) is 0 Å². The molecule has 2 aliphatic rings. The number of hydrogen-bond acceptors (Lipinski definition) is 4. The molecule has 0 bridgehead atoms. The molecule has 2 saturated heterocycles.